The minimum atomic E-state index is -0.691. The van der Waals surface area contributed by atoms with Crippen LogP contribution in [-0.2, 0) is 19.1 Å². The van der Waals surface area contributed by atoms with Crippen molar-refractivity contribution in [3.05, 3.63) is 96.6 Å². The van der Waals surface area contributed by atoms with E-state index in [1.165, 1.54) is 14.2 Å². The zero-order valence-electron chi connectivity index (χ0n) is 41.2. The Hall–Kier alpha value is -6.70. The minimum Gasteiger partial charge on any atom is -0.453 e. The molecule has 8 atom stereocenters. The number of carbonyl (C=O) groups is 4. The van der Waals surface area contributed by atoms with Crippen LogP contribution >= 0.6 is 0 Å². The van der Waals surface area contributed by atoms with Gasteiger partial charge in [-0.25, -0.2) is 19.6 Å². The molecule has 14 heteroatoms. The van der Waals surface area contributed by atoms with Crippen molar-refractivity contribution in [1.82, 2.24) is 40.4 Å². The number of fused-ring (bicyclic) bond motifs is 6. The predicted octanol–water partition coefficient (Wildman–Crippen LogP) is 10.9. The van der Waals surface area contributed by atoms with E-state index in [4.69, 9.17) is 19.4 Å². The Morgan fingerprint density at radius 2 is 0.871 bits per heavy atom. The molecule has 4 amide bonds. The van der Waals surface area contributed by atoms with E-state index in [-0.39, 0.29) is 47.8 Å². The molecule has 4 aliphatic rings. The molecule has 4 fully saturated rings. The molecule has 14 nitrogen and oxygen atoms in total. The number of rotatable bonds is 11. The molecule has 2 saturated heterocycles. The topological polar surface area (TPSA) is 175 Å². The number of benzene rings is 4. The molecular formula is C56H66N8O6. The summed E-state index contributed by atoms with van der Waals surface area (Å²) < 4.78 is 9.79. The van der Waals surface area contributed by atoms with Gasteiger partial charge in [0.15, 0.2) is 0 Å². The number of H-pyrrole nitrogens is 2. The van der Waals surface area contributed by atoms with Gasteiger partial charge in [-0.2, -0.15) is 0 Å². The first-order chi connectivity index (χ1) is 33.9. The molecule has 2 saturated carbocycles. The molecule has 4 bridgehead atoms. The van der Waals surface area contributed by atoms with E-state index >= 15 is 0 Å². The van der Waals surface area contributed by atoms with Gasteiger partial charge in [-0.3, -0.25) is 9.59 Å². The van der Waals surface area contributed by atoms with Crippen molar-refractivity contribution in [2.45, 2.75) is 128 Å². The van der Waals surface area contributed by atoms with Gasteiger partial charge in [0.2, 0.25) is 11.8 Å². The Morgan fingerprint density at radius 1 is 0.529 bits per heavy atom. The lowest BCUT2D eigenvalue weighted by atomic mass is 9.94. The number of likely N-dealkylation sites (tertiary alicyclic amines) is 2. The summed E-state index contributed by atoms with van der Waals surface area (Å²) >= 11 is 0. The number of aromatic nitrogens is 4. The third kappa shape index (κ3) is 9.01. The van der Waals surface area contributed by atoms with Gasteiger partial charge >= 0.3 is 12.2 Å². The minimum absolute atomic E-state index is 0.0748. The molecule has 4 N–H and O–H groups in total. The van der Waals surface area contributed by atoms with Crippen LogP contribution in [0.1, 0.15) is 116 Å². The predicted molar refractivity (Wildman–Crippen MR) is 270 cm³/mol. The largest absolute Gasteiger partial charge is 0.453 e. The zero-order valence-corrected chi connectivity index (χ0v) is 41.2. The van der Waals surface area contributed by atoms with Gasteiger partial charge in [-0.1, -0.05) is 114 Å². The fourth-order valence-electron chi connectivity index (χ4n) is 12.2. The van der Waals surface area contributed by atoms with Crippen LogP contribution in [0.15, 0.2) is 84.9 Å². The SMILES string of the molecule is COC(=O)N[C@H](C(=O)N1[C@@H]2CCCC[C@@H](C2)[C@H]1c1nc2ccc(-c3ccc(-c4ccc(-c5ccc6nc([C@@H]7[C@H]8CCCC[C@H](C8)N7C(=O)[C@@H](NC(=O)OC)C(C)C)[nH]c6c5)cc4)cc3)cc2[nH]1)C(C)C. The second-order valence-corrected chi connectivity index (χ2v) is 20.8. The zero-order chi connectivity index (χ0) is 48.8. The third-order valence-electron chi connectivity index (χ3n) is 15.8. The van der Waals surface area contributed by atoms with Gasteiger partial charge in [0.05, 0.1) is 48.4 Å². The van der Waals surface area contributed by atoms with Crippen LogP contribution in [0.5, 0.6) is 0 Å². The summed E-state index contributed by atoms with van der Waals surface area (Å²) in [5.74, 6) is 1.82. The molecule has 2 aliphatic carbocycles. The average Bonchev–Trinajstić information content (AvgIpc) is 4.07. The lowest BCUT2D eigenvalue weighted by Crippen LogP contribution is -2.53. The monoisotopic (exact) mass is 947 g/mol. The quantitative estimate of drug-likeness (QED) is 0.0993. The molecular weight excluding hydrogens is 881 g/mol. The smallest absolute Gasteiger partial charge is 0.407 e. The number of hydrogen-bond acceptors (Lipinski definition) is 8. The van der Waals surface area contributed by atoms with Crippen molar-refractivity contribution >= 4 is 46.1 Å². The number of aromatic amines is 2. The molecule has 366 valence electrons. The van der Waals surface area contributed by atoms with Crippen LogP contribution in [0.4, 0.5) is 9.59 Å². The van der Waals surface area contributed by atoms with Crippen LogP contribution < -0.4 is 10.6 Å². The van der Waals surface area contributed by atoms with Crippen molar-refractivity contribution < 1.29 is 28.7 Å². The standard InChI is InChI=1S/C56H66N8O6/c1-31(2)47(61-55(67)69-5)53(65)63-41-13-9-7-11-39(27-41)49(63)51-57-43-25-23-37(29-45(43)59-51)35-19-15-33(16-20-35)34-17-21-36(22-18-34)38-24-26-44-46(30-38)60-52(58-44)50-40-12-8-10-14-42(28-40)64(50)54(66)48(32(3)4)62-56(68)70-6/h15-26,29-32,39-42,47-50H,7-14,27-28H2,1-6H3,(H,57,59)(H,58,60)(H,61,67)(H,62,68)/t39-,40-,41+,42+,47-,48-,49-,50-/m0/s1. The second kappa shape index (κ2) is 19.6. The maximum absolute atomic E-state index is 14.3. The van der Waals surface area contributed by atoms with E-state index in [2.05, 4.69) is 106 Å². The van der Waals surface area contributed by atoms with E-state index in [0.717, 1.165) is 131 Å². The van der Waals surface area contributed by atoms with Crippen LogP contribution in [0.25, 0.3) is 55.4 Å². The number of carbonyl (C=O) groups excluding carboxylic acids is 4. The first-order valence-electron chi connectivity index (χ1n) is 25.4. The molecule has 70 heavy (non-hydrogen) atoms. The van der Waals surface area contributed by atoms with Crippen LogP contribution in [0, 0.1) is 23.7 Å². The third-order valence-corrected chi connectivity index (χ3v) is 15.8. The number of methoxy groups -OCH3 is 2. The summed E-state index contributed by atoms with van der Waals surface area (Å²) in [5.41, 5.74) is 10.1. The molecule has 2 aliphatic heterocycles. The molecule has 10 rings (SSSR count). The second-order valence-electron chi connectivity index (χ2n) is 20.8. The summed E-state index contributed by atoms with van der Waals surface area (Å²) in [6.07, 6.45) is 9.07. The van der Waals surface area contributed by atoms with Gasteiger partial charge in [-0.15, -0.1) is 0 Å². The van der Waals surface area contributed by atoms with Crippen molar-refractivity contribution in [1.29, 1.82) is 0 Å². The van der Waals surface area contributed by atoms with Crippen LogP contribution in [0.3, 0.4) is 0 Å². The van der Waals surface area contributed by atoms with E-state index in [1.807, 2.05) is 37.5 Å². The summed E-state index contributed by atoms with van der Waals surface area (Å²) in [6.45, 7) is 7.81. The number of hydrogen-bond donors (Lipinski definition) is 4. The number of imidazole rings is 2. The Kier molecular flexibility index (Phi) is 13.2. The molecule has 0 spiro atoms. The van der Waals surface area contributed by atoms with Crippen molar-refractivity contribution in [2.24, 2.45) is 23.7 Å². The molecule has 4 heterocycles. The van der Waals surface area contributed by atoms with Gasteiger partial charge in [0.25, 0.3) is 0 Å². The highest BCUT2D eigenvalue weighted by Crippen LogP contribution is 2.49. The first kappa shape index (κ1) is 47.0. The maximum Gasteiger partial charge on any atom is 0.407 e. The van der Waals surface area contributed by atoms with Gasteiger partial charge < -0.3 is 39.9 Å². The highest BCUT2D eigenvalue weighted by molar-refractivity contribution is 5.89. The number of ether oxygens (including phenoxy) is 2. The van der Waals surface area contributed by atoms with Gasteiger partial charge in [0, 0.05) is 12.1 Å². The molecule has 0 unspecified atom stereocenters. The van der Waals surface area contributed by atoms with E-state index in [0.29, 0.717) is 11.8 Å². The molecule has 6 aromatic rings. The number of alkyl carbamates (subject to hydrolysis) is 2. The summed E-state index contributed by atoms with van der Waals surface area (Å²) in [4.78, 5) is 74.8. The Bertz CT molecular complexity index is 2690. The highest BCUT2D eigenvalue weighted by atomic mass is 16.5. The first-order valence-corrected chi connectivity index (χ1v) is 25.4. The molecule has 0 radical (unpaired) electrons. The molecule has 4 aromatic carbocycles. The van der Waals surface area contributed by atoms with Crippen molar-refractivity contribution in [3.63, 3.8) is 0 Å². The van der Waals surface area contributed by atoms with E-state index < -0.39 is 24.3 Å². The fraction of sp³-hybridized carbons (Fsp3) is 0.464. The fourth-order valence-corrected chi connectivity index (χ4v) is 12.2. The summed E-state index contributed by atoms with van der Waals surface area (Å²) in [5, 5.41) is 5.63. The summed E-state index contributed by atoms with van der Waals surface area (Å²) in [7, 11) is 2.65. The summed E-state index contributed by atoms with van der Waals surface area (Å²) in [6, 6.07) is 28.3. The lowest BCUT2D eigenvalue weighted by molar-refractivity contribution is -0.139. The Morgan fingerprint density at radius 3 is 1.23 bits per heavy atom. The average molecular weight is 947 g/mol. The normalized spacial score (nSPS) is 23.0. The Balaban J connectivity index is 0.852. The van der Waals surface area contributed by atoms with Crippen LogP contribution in [0.2, 0.25) is 0 Å². The number of nitrogens with one attached hydrogen (secondary N) is 4. The van der Waals surface area contributed by atoms with Gasteiger partial charge in [0.1, 0.15) is 23.7 Å². The molecule has 2 aromatic heterocycles. The van der Waals surface area contributed by atoms with Crippen molar-refractivity contribution in [3.8, 4) is 33.4 Å². The highest BCUT2D eigenvalue weighted by Gasteiger charge is 2.50. The van der Waals surface area contributed by atoms with Crippen LogP contribution in [-0.4, -0.2) is 92.1 Å². The van der Waals surface area contributed by atoms with Gasteiger partial charge in [-0.05, 0) is 120 Å². The maximum atomic E-state index is 14.3. The van der Waals surface area contributed by atoms with Crippen molar-refractivity contribution in [2.75, 3.05) is 14.2 Å². The number of amides is 4. The number of nitrogens with zero attached hydrogens (tertiary/aromatic N) is 4. The van der Waals surface area contributed by atoms with E-state index in [1.54, 1.807) is 0 Å². The Labute approximate surface area is 409 Å². The lowest BCUT2D eigenvalue weighted by Gasteiger charge is -2.36. The van der Waals surface area contributed by atoms with E-state index in [9.17, 15) is 19.2 Å².